The standard InChI is InChI=1S/C23H18FN3O2S/c1-15-6-11-20-21(12-15)30-23(26-20)27(25-14-16-7-9-18(24)10-8-16)22(28)17-4-3-5-19(13-17)29-2/h3-14H,1-2H3/b25-14+. The van der Waals surface area contributed by atoms with E-state index in [9.17, 15) is 9.18 Å². The van der Waals surface area contributed by atoms with Crippen LogP contribution in [0.3, 0.4) is 0 Å². The maximum atomic E-state index is 13.3. The number of methoxy groups -OCH3 is 1. The number of anilines is 1. The van der Waals surface area contributed by atoms with Crippen molar-refractivity contribution in [2.24, 2.45) is 5.10 Å². The van der Waals surface area contributed by atoms with E-state index in [1.807, 2.05) is 25.1 Å². The van der Waals surface area contributed by atoms with Gasteiger partial charge in [0.1, 0.15) is 11.6 Å². The number of ether oxygens (including phenoxy) is 1. The molecule has 0 spiro atoms. The molecule has 0 aliphatic rings. The van der Waals surface area contributed by atoms with Crippen LogP contribution in [0.1, 0.15) is 21.5 Å². The second kappa shape index (κ2) is 8.42. The van der Waals surface area contributed by atoms with Crippen LogP contribution < -0.4 is 9.75 Å². The first-order valence-corrected chi connectivity index (χ1v) is 10.0. The maximum Gasteiger partial charge on any atom is 0.280 e. The molecule has 0 atom stereocenters. The molecule has 0 N–H and O–H groups in total. The third-order valence-electron chi connectivity index (χ3n) is 4.42. The number of hydrogen-bond donors (Lipinski definition) is 0. The number of fused-ring (bicyclic) bond motifs is 1. The Bertz CT molecular complexity index is 1230. The molecular formula is C23H18FN3O2S. The highest BCUT2D eigenvalue weighted by Crippen LogP contribution is 2.31. The molecular weight excluding hydrogens is 401 g/mol. The van der Waals surface area contributed by atoms with Crippen LogP contribution in [0.15, 0.2) is 71.8 Å². The molecule has 5 nitrogen and oxygen atoms in total. The quantitative estimate of drug-likeness (QED) is 0.320. The smallest absolute Gasteiger partial charge is 0.280 e. The molecule has 1 amide bonds. The first-order chi connectivity index (χ1) is 14.5. The van der Waals surface area contributed by atoms with Crippen LogP contribution in [0.25, 0.3) is 10.2 Å². The zero-order valence-electron chi connectivity index (χ0n) is 16.4. The van der Waals surface area contributed by atoms with Gasteiger partial charge in [0.25, 0.3) is 5.91 Å². The van der Waals surface area contributed by atoms with E-state index in [1.165, 1.54) is 34.7 Å². The van der Waals surface area contributed by atoms with Crippen LogP contribution in [0.2, 0.25) is 0 Å². The number of aryl methyl sites for hydroxylation is 1. The largest absolute Gasteiger partial charge is 0.497 e. The van der Waals surface area contributed by atoms with E-state index in [2.05, 4.69) is 10.1 Å². The van der Waals surface area contributed by atoms with Gasteiger partial charge in [-0.15, -0.1) is 0 Å². The van der Waals surface area contributed by atoms with Crippen LogP contribution >= 0.6 is 11.3 Å². The summed E-state index contributed by atoms with van der Waals surface area (Å²) >= 11 is 1.38. The van der Waals surface area contributed by atoms with Crippen LogP contribution in [0.5, 0.6) is 5.75 Å². The highest BCUT2D eigenvalue weighted by atomic mass is 32.1. The number of halogens is 1. The number of rotatable bonds is 5. The van der Waals surface area contributed by atoms with E-state index in [0.717, 1.165) is 15.8 Å². The van der Waals surface area contributed by atoms with Crippen molar-refractivity contribution in [1.82, 2.24) is 4.98 Å². The summed E-state index contributed by atoms with van der Waals surface area (Å²) in [5, 5.41) is 6.09. The number of hydrogen-bond acceptors (Lipinski definition) is 5. The van der Waals surface area contributed by atoms with Crippen molar-refractivity contribution in [2.45, 2.75) is 6.92 Å². The molecule has 7 heteroatoms. The van der Waals surface area contributed by atoms with Crippen LogP contribution in [0.4, 0.5) is 9.52 Å². The lowest BCUT2D eigenvalue weighted by atomic mass is 10.2. The number of hydrazone groups is 1. The average Bonchev–Trinajstić information content (AvgIpc) is 3.17. The van der Waals surface area contributed by atoms with E-state index in [0.29, 0.717) is 22.0 Å². The maximum absolute atomic E-state index is 13.3. The van der Waals surface area contributed by atoms with E-state index < -0.39 is 0 Å². The summed E-state index contributed by atoms with van der Waals surface area (Å²) in [6, 6.07) is 18.6. The third-order valence-corrected chi connectivity index (χ3v) is 5.41. The summed E-state index contributed by atoms with van der Waals surface area (Å²) in [6.07, 6.45) is 1.51. The Balaban J connectivity index is 1.76. The lowest BCUT2D eigenvalue weighted by Crippen LogP contribution is -2.25. The van der Waals surface area contributed by atoms with Gasteiger partial charge in [-0.25, -0.2) is 9.37 Å². The number of carbonyl (C=O) groups is 1. The molecule has 4 rings (SSSR count). The lowest BCUT2D eigenvalue weighted by molar-refractivity contribution is 0.0987. The van der Waals surface area contributed by atoms with Gasteiger partial charge in [0.2, 0.25) is 5.13 Å². The van der Waals surface area contributed by atoms with E-state index in [1.54, 1.807) is 43.5 Å². The van der Waals surface area contributed by atoms with Crippen molar-refractivity contribution in [3.05, 3.63) is 89.2 Å². The zero-order valence-corrected chi connectivity index (χ0v) is 17.2. The van der Waals surface area contributed by atoms with Crippen molar-refractivity contribution >= 4 is 38.8 Å². The second-order valence-electron chi connectivity index (χ2n) is 6.61. The highest BCUT2D eigenvalue weighted by Gasteiger charge is 2.21. The number of amides is 1. The van der Waals surface area contributed by atoms with Crippen LogP contribution in [0, 0.1) is 12.7 Å². The molecule has 4 aromatic rings. The molecule has 0 aliphatic carbocycles. The first-order valence-electron chi connectivity index (χ1n) is 9.19. The Hall–Kier alpha value is -3.58. The molecule has 0 saturated carbocycles. The SMILES string of the molecule is COc1cccc(C(=O)N(/N=C/c2ccc(F)cc2)c2nc3ccc(C)cc3s2)c1. The number of carbonyl (C=O) groups excluding carboxylic acids is 1. The Morgan fingerprint density at radius 2 is 1.93 bits per heavy atom. The fourth-order valence-corrected chi connectivity index (χ4v) is 3.87. The molecule has 30 heavy (non-hydrogen) atoms. The summed E-state index contributed by atoms with van der Waals surface area (Å²) < 4.78 is 19.4. The molecule has 0 fully saturated rings. The minimum atomic E-state index is -0.344. The molecule has 1 heterocycles. The van der Waals surface area contributed by atoms with Gasteiger partial charge in [-0.1, -0.05) is 35.6 Å². The van der Waals surface area contributed by atoms with Crippen molar-refractivity contribution < 1.29 is 13.9 Å². The predicted molar refractivity (Wildman–Crippen MR) is 118 cm³/mol. The number of thiazole rings is 1. The molecule has 0 aliphatic heterocycles. The molecule has 0 bridgehead atoms. The molecule has 0 unspecified atom stereocenters. The molecule has 1 aromatic heterocycles. The fourth-order valence-electron chi connectivity index (χ4n) is 2.85. The topological polar surface area (TPSA) is 54.8 Å². The van der Waals surface area contributed by atoms with Crippen molar-refractivity contribution in [2.75, 3.05) is 12.1 Å². The second-order valence-corrected chi connectivity index (χ2v) is 7.62. The van der Waals surface area contributed by atoms with E-state index >= 15 is 0 Å². The van der Waals surface area contributed by atoms with Gasteiger partial charge in [0, 0.05) is 5.56 Å². The van der Waals surface area contributed by atoms with Gasteiger partial charge in [-0.05, 0) is 60.5 Å². The minimum absolute atomic E-state index is 0.335. The third kappa shape index (κ3) is 4.21. The summed E-state index contributed by atoms with van der Waals surface area (Å²) in [4.78, 5) is 17.9. The normalized spacial score (nSPS) is 11.2. The number of nitrogens with zero attached hydrogens (tertiary/aromatic N) is 3. The zero-order chi connectivity index (χ0) is 21.1. The summed E-state index contributed by atoms with van der Waals surface area (Å²) in [5.74, 6) is -0.107. The van der Waals surface area contributed by atoms with Crippen LogP contribution in [-0.2, 0) is 0 Å². The first kappa shape index (κ1) is 19.7. The van der Waals surface area contributed by atoms with Gasteiger partial charge in [-0.2, -0.15) is 10.1 Å². The van der Waals surface area contributed by atoms with Gasteiger partial charge in [0.15, 0.2) is 0 Å². The Labute approximate surface area is 177 Å². The molecule has 150 valence electrons. The Kier molecular flexibility index (Phi) is 5.54. The minimum Gasteiger partial charge on any atom is -0.497 e. The van der Waals surface area contributed by atoms with Crippen molar-refractivity contribution in [3.63, 3.8) is 0 Å². The monoisotopic (exact) mass is 419 g/mol. The van der Waals surface area contributed by atoms with Crippen molar-refractivity contribution in [3.8, 4) is 5.75 Å². The highest BCUT2D eigenvalue weighted by molar-refractivity contribution is 7.22. The average molecular weight is 419 g/mol. The van der Waals surface area contributed by atoms with Gasteiger partial charge in [0.05, 0.1) is 23.5 Å². The molecule has 0 saturated heterocycles. The van der Waals surface area contributed by atoms with E-state index in [-0.39, 0.29) is 11.7 Å². The number of aromatic nitrogens is 1. The Morgan fingerprint density at radius 1 is 1.13 bits per heavy atom. The summed E-state index contributed by atoms with van der Waals surface area (Å²) in [7, 11) is 1.55. The van der Waals surface area contributed by atoms with Gasteiger partial charge in [-0.3, -0.25) is 4.79 Å². The van der Waals surface area contributed by atoms with E-state index in [4.69, 9.17) is 4.74 Å². The number of benzene rings is 3. The summed E-state index contributed by atoms with van der Waals surface area (Å²) in [6.45, 7) is 2.00. The van der Waals surface area contributed by atoms with Crippen LogP contribution in [-0.4, -0.2) is 24.2 Å². The van der Waals surface area contributed by atoms with Gasteiger partial charge >= 0.3 is 0 Å². The fraction of sp³-hybridized carbons (Fsp3) is 0.0870. The van der Waals surface area contributed by atoms with Gasteiger partial charge < -0.3 is 4.74 Å². The molecule has 3 aromatic carbocycles. The molecule has 0 radical (unpaired) electrons. The van der Waals surface area contributed by atoms with Crippen molar-refractivity contribution in [1.29, 1.82) is 0 Å². The lowest BCUT2D eigenvalue weighted by Gasteiger charge is -2.14. The predicted octanol–water partition coefficient (Wildman–Crippen LogP) is 5.43. The Morgan fingerprint density at radius 3 is 2.70 bits per heavy atom. The summed E-state index contributed by atoms with van der Waals surface area (Å²) in [5.41, 5.74) is 2.98.